The van der Waals surface area contributed by atoms with Gasteiger partial charge in [-0.15, -0.1) is 0 Å². The number of fused-ring (bicyclic) bond motifs is 3. The molecule has 3 aromatic carbocycles. The van der Waals surface area contributed by atoms with Crippen molar-refractivity contribution in [3.05, 3.63) is 90.0 Å². The number of rotatable bonds is 7. The second kappa shape index (κ2) is 8.90. The van der Waals surface area contributed by atoms with Crippen LogP contribution < -0.4 is 10.2 Å². The van der Waals surface area contributed by atoms with Gasteiger partial charge in [-0.05, 0) is 48.2 Å². The summed E-state index contributed by atoms with van der Waals surface area (Å²) in [5.74, 6) is 0.337. The first-order valence-corrected chi connectivity index (χ1v) is 11.3. The molecular weight excluding hydrogens is 412 g/mol. The zero-order valence-electron chi connectivity index (χ0n) is 18.6. The Hall–Kier alpha value is -3.93. The number of amides is 2. The number of carbonyl (C=O) groups is 2. The minimum Gasteiger partial charge on any atom is -0.326 e. The number of para-hydroxylation sites is 2. The lowest BCUT2D eigenvalue weighted by atomic mass is 10.1. The van der Waals surface area contributed by atoms with E-state index in [0.717, 1.165) is 35.1 Å². The highest BCUT2D eigenvalue weighted by Gasteiger charge is 2.40. The first kappa shape index (κ1) is 20.9. The topological polar surface area (TPSA) is 67.2 Å². The summed E-state index contributed by atoms with van der Waals surface area (Å²) >= 11 is 0. The molecule has 0 unspecified atom stereocenters. The Kier molecular flexibility index (Phi) is 5.65. The summed E-state index contributed by atoms with van der Waals surface area (Å²) in [6.07, 6.45) is 1.72. The molecule has 0 radical (unpaired) electrons. The molecule has 6 heteroatoms. The number of nitrogens with one attached hydrogen (secondary N) is 1. The summed E-state index contributed by atoms with van der Waals surface area (Å²) in [5.41, 5.74) is 4.80. The highest BCUT2D eigenvalue weighted by Crippen LogP contribution is 2.36. The van der Waals surface area contributed by atoms with E-state index in [2.05, 4.69) is 24.4 Å². The van der Waals surface area contributed by atoms with Crippen LogP contribution >= 0.6 is 0 Å². The fourth-order valence-corrected chi connectivity index (χ4v) is 4.40. The maximum Gasteiger partial charge on any atom is 0.253 e. The number of imidazole rings is 1. The molecule has 166 valence electrons. The second-order valence-electron chi connectivity index (χ2n) is 8.31. The quantitative estimate of drug-likeness (QED) is 0.452. The van der Waals surface area contributed by atoms with E-state index in [1.54, 1.807) is 4.90 Å². The monoisotopic (exact) mass is 438 g/mol. The number of nitrogens with zero attached hydrogens (tertiary/aromatic N) is 3. The molecule has 1 aliphatic rings. The summed E-state index contributed by atoms with van der Waals surface area (Å²) in [7, 11) is 0. The SMILES string of the molecule is CCc1ccc(NC(=O)C[C@H]2C(=O)N(CCc3ccccc3)c3nc4ccccc4n32)cc1. The number of aryl methyl sites for hydroxylation is 1. The smallest absolute Gasteiger partial charge is 0.253 e. The standard InChI is InChI=1S/C27H26N4O2/c1-2-19-12-14-21(15-13-19)28-25(32)18-24-26(33)30(17-16-20-8-4-3-5-9-20)27-29-22-10-6-7-11-23(22)31(24)27/h3-15,24H,2,16-18H2,1H3,(H,28,32)/t24-/m0/s1. The molecule has 4 aromatic rings. The molecule has 1 N–H and O–H groups in total. The van der Waals surface area contributed by atoms with Crippen LogP contribution in [0.4, 0.5) is 11.6 Å². The van der Waals surface area contributed by atoms with Crippen LogP contribution in [0.2, 0.25) is 0 Å². The Bertz CT molecular complexity index is 1290. The molecule has 1 aromatic heterocycles. The third-order valence-electron chi connectivity index (χ3n) is 6.17. The summed E-state index contributed by atoms with van der Waals surface area (Å²) in [6, 6.07) is 25.0. The maximum absolute atomic E-state index is 13.4. The van der Waals surface area contributed by atoms with Crippen molar-refractivity contribution in [2.24, 2.45) is 0 Å². The minimum atomic E-state index is -0.613. The third kappa shape index (κ3) is 4.12. The number of benzene rings is 3. The predicted molar refractivity (Wildman–Crippen MR) is 130 cm³/mol. The summed E-state index contributed by atoms with van der Waals surface area (Å²) in [5, 5.41) is 2.94. The van der Waals surface area contributed by atoms with Gasteiger partial charge in [0.1, 0.15) is 6.04 Å². The molecule has 0 saturated heterocycles. The molecule has 1 atom stereocenters. The van der Waals surface area contributed by atoms with Crippen LogP contribution in [0.25, 0.3) is 11.0 Å². The molecule has 2 amide bonds. The van der Waals surface area contributed by atoms with E-state index in [4.69, 9.17) is 4.98 Å². The van der Waals surface area contributed by atoms with E-state index in [9.17, 15) is 9.59 Å². The van der Waals surface area contributed by atoms with E-state index in [-0.39, 0.29) is 18.2 Å². The van der Waals surface area contributed by atoms with E-state index >= 15 is 0 Å². The van der Waals surface area contributed by atoms with Gasteiger partial charge in [0.25, 0.3) is 5.91 Å². The molecule has 0 fully saturated rings. The van der Waals surface area contributed by atoms with Gasteiger partial charge >= 0.3 is 0 Å². The molecule has 0 saturated carbocycles. The predicted octanol–water partition coefficient (Wildman–Crippen LogP) is 4.76. The van der Waals surface area contributed by atoms with Crippen molar-refractivity contribution >= 4 is 34.5 Å². The normalized spacial score (nSPS) is 15.1. The zero-order chi connectivity index (χ0) is 22.8. The minimum absolute atomic E-state index is 0.0591. The highest BCUT2D eigenvalue weighted by molar-refractivity contribution is 6.05. The first-order chi connectivity index (χ1) is 16.1. The Morgan fingerprint density at radius 3 is 2.42 bits per heavy atom. The van der Waals surface area contributed by atoms with Gasteiger partial charge in [0, 0.05) is 12.2 Å². The number of hydrogen-bond donors (Lipinski definition) is 1. The molecule has 5 rings (SSSR count). The average Bonchev–Trinajstić information content (AvgIpc) is 3.33. The van der Waals surface area contributed by atoms with Gasteiger partial charge in [-0.2, -0.15) is 0 Å². The van der Waals surface area contributed by atoms with Gasteiger partial charge in [0.15, 0.2) is 0 Å². The Labute approximate surface area is 192 Å². The fourth-order valence-electron chi connectivity index (χ4n) is 4.40. The fraction of sp³-hybridized carbons (Fsp3) is 0.222. The van der Waals surface area contributed by atoms with Gasteiger partial charge in [-0.3, -0.25) is 19.1 Å². The van der Waals surface area contributed by atoms with Gasteiger partial charge < -0.3 is 5.32 Å². The van der Waals surface area contributed by atoms with E-state index < -0.39 is 6.04 Å². The van der Waals surface area contributed by atoms with Crippen molar-refractivity contribution in [2.75, 3.05) is 16.8 Å². The maximum atomic E-state index is 13.4. The average molecular weight is 439 g/mol. The molecule has 2 heterocycles. The van der Waals surface area contributed by atoms with Crippen LogP contribution in [0.3, 0.4) is 0 Å². The van der Waals surface area contributed by atoms with Crippen LogP contribution in [0.1, 0.15) is 30.5 Å². The lowest BCUT2D eigenvalue weighted by Gasteiger charge is -2.16. The number of carbonyl (C=O) groups excluding carboxylic acids is 2. The molecule has 1 aliphatic heterocycles. The number of aromatic nitrogens is 2. The largest absolute Gasteiger partial charge is 0.326 e. The number of anilines is 2. The Balaban J connectivity index is 1.39. The second-order valence-corrected chi connectivity index (χ2v) is 8.31. The lowest BCUT2D eigenvalue weighted by Crippen LogP contribution is -2.33. The van der Waals surface area contributed by atoms with Crippen molar-refractivity contribution in [2.45, 2.75) is 32.2 Å². The first-order valence-electron chi connectivity index (χ1n) is 11.3. The molecule has 6 nitrogen and oxygen atoms in total. The van der Waals surface area contributed by atoms with Crippen molar-refractivity contribution in [1.29, 1.82) is 0 Å². The van der Waals surface area contributed by atoms with Crippen molar-refractivity contribution < 1.29 is 9.59 Å². The van der Waals surface area contributed by atoms with Crippen LogP contribution in [-0.4, -0.2) is 27.9 Å². The Morgan fingerprint density at radius 1 is 0.939 bits per heavy atom. The Morgan fingerprint density at radius 2 is 1.67 bits per heavy atom. The van der Waals surface area contributed by atoms with E-state index in [0.29, 0.717) is 12.5 Å². The van der Waals surface area contributed by atoms with Crippen LogP contribution in [0.5, 0.6) is 0 Å². The summed E-state index contributed by atoms with van der Waals surface area (Å²) in [4.78, 5) is 32.8. The molecule has 0 aliphatic carbocycles. The van der Waals surface area contributed by atoms with Gasteiger partial charge in [0.2, 0.25) is 11.9 Å². The van der Waals surface area contributed by atoms with Gasteiger partial charge in [-0.25, -0.2) is 4.98 Å². The van der Waals surface area contributed by atoms with E-state index in [1.807, 2.05) is 71.3 Å². The summed E-state index contributed by atoms with van der Waals surface area (Å²) in [6.45, 7) is 2.61. The highest BCUT2D eigenvalue weighted by atomic mass is 16.2. The lowest BCUT2D eigenvalue weighted by molar-refractivity contribution is -0.124. The van der Waals surface area contributed by atoms with Crippen molar-refractivity contribution in [3.8, 4) is 0 Å². The van der Waals surface area contributed by atoms with Gasteiger partial charge in [-0.1, -0.05) is 61.5 Å². The molecule has 0 spiro atoms. The van der Waals surface area contributed by atoms with Crippen LogP contribution in [-0.2, 0) is 22.4 Å². The summed E-state index contributed by atoms with van der Waals surface area (Å²) < 4.78 is 1.92. The third-order valence-corrected chi connectivity index (χ3v) is 6.17. The van der Waals surface area contributed by atoms with Crippen molar-refractivity contribution in [1.82, 2.24) is 9.55 Å². The molecule has 0 bridgehead atoms. The molecular formula is C27H26N4O2. The molecule has 33 heavy (non-hydrogen) atoms. The van der Waals surface area contributed by atoms with E-state index in [1.165, 1.54) is 5.56 Å². The zero-order valence-corrected chi connectivity index (χ0v) is 18.6. The van der Waals surface area contributed by atoms with Crippen LogP contribution in [0.15, 0.2) is 78.9 Å². The van der Waals surface area contributed by atoms with Gasteiger partial charge in [0.05, 0.1) is 17.5 Å². The van der Waals surface area contributed by atoms with Crippen molar-refractivity contribution in [3.63, 3.8) is 0 Å². The number of hydrogen-bond acceptors (Lipinski definition) is 3. The van der Waals surface area contributed by atoms with Crippen LogP contribution in [0, 0.1) is 0 Å².